The van der Waals surface area contributed by atoms with Crippen LogP contribution in [0, 0.1) is 5.41 Å². The lowest BCUT2D eigenvalue weighted by atomic mass is 9.82. The van der Waals surface area contributed by atoms with Crippen LogP contribution in [0.3, 0.4) is 0 Å². The molecular formula is C13H23NO2. The average Bonchev–Trinajstić information content (AvgIpc) is 2.89. The zero-order valence-electron chi connectivity index (χ0n) is 10.3. The first-order chi connectivity index (χ1) is 7.77. The summed E-state index contributed by atoms with van der Waals surface area (Å²) in [5.41, 5.74) is -0.211. The third-order valence-electron chi connectivity index (χ3n) is 3.98. The second kappa shape index (κ2) is 5.17. The molecule has 0 aromatic carbocycles. The van der Waals surface area contributed by atoms with Gasteiger partial charge in [0, 0.05) is 6.54 Å². The molecule has 2 aliphatic rings. The van der Waals surface area contributed by atoms with E-state index < -0.39 is 0 Å². The second-order valence-electron chi connectivity index (χ2n) is 5.27. The van der Waals surface area contributed by atoms with Crippen LogP contribution in [0.2, 0.25) is 0 Å². The zero-order valence-corrected chi connectivity index (χ0v) is 10.3. The molecule has 1 aliphatic carbocycles. The van der Waals surface area contributed by atoms with Crippen LogP contribution in [0.25, 0.3) is 0 Å². The molecule has 3 heteroatoms. The maximum atomic E-state index is 12.3. The van der Waals surface area contributed by atoms with Gasteiger partial charge in [0.05, 0.1) is 5.41 Å². The summed E-state index contributed by atoms with van der Waals surface area (Å²) in [7, 11) is 0. The van der Waals surface area contributed by atoms with Crippen molar-refractivity contribution in [1.82, 2.24) is 5.32 Å². The lowest BCUT2D eigenvalue weighted by molar-refractivity contribution is -0.160. The fraction of sp³-hybridized carbons (Fsp3) is 0.923. The number of carbonyl (C=O) groups excluding carboxylic acids is 1. The molecule has 1 saturated carbocycles. The van der Waals surface area contributed by atoms with E-state index in [1.165, 1.54) is 12.8 Å². The van der Waals surface area contributed by atoms with Crippen LogP contribution >= 0.6 is 0 Å². The molecule has 1 unspecified atom stereocenters. The summed E-state index contributed by atoms with van der Waals surface area (Å²) in [6.07, 6.45) is 7.76. The van der Waals surface area contributed by atoms with Gasteiger partial charge in [0.2, 0.25) is 0 Å². The number of carbonyl (C=O) groups is 1. The molecule has 2 rings (SSSR count). The molecule has 3 nitrogen and oxygen atoms in total. The molecule has 16 heavy (non-hydrogen) atoms. The monoisotopic (exact) mass is 225 g/mol. The van der Waals surface area contributed by atoms with Crippen molar-refractivity contribution in [3.8, 4) is 0 Å². The first-order valence-electron chi connectivity index (χ1n) is 6.69. The van der Waals surface area contributed by atoms with E-state index in [0.717, 1.165) is 45.2 Å². The fourth-order valence-corrected chi connectivity index (χ4v) is 2.99. The Kier molecular flexibility index (Phi) is 3.85. The lowest BCUT2D eigenvalue weighted by Gasteiger charge is -2.27. The molecule has 1 atom stereocenters. The Bertz CT molecular complexity index is 240. The molecule has 92 valence electrons. The van der Waals surface area contributed by atoms with Crippen molar-refractivity contribution in [2.24, 2.45) is 5.41 Å². The molecule has 1 heterocycles. The Morgan fingerprint density at radius 3 is 2.75 bits per heavy atom. The summed E-state index contributed by atoms with van der Waals surface area (Å²) in [5, 5.41) is 3.30. The van der Waals surface area contributed by atoms with Gasteiger partial charge in [-0.15, -0.1) is 0 Å². The topological polar surface area (TPSA) is 38.3 Å². The minimum absolute atomic E-state index is 0.0613. The summed E-state index contributed by atoms with van der Waals surface area (Å²) < 4.78 is 5.67. The smallest absolute Gasteiger partial charge is 0.313 e. The van der Waals surface area contributed by atoms with Gasteiger partial charge in [-0.1, -0.05) is 13.3 Å². The van der Waals surface area contributed by atoms with E-state index in [1.54, 1.807) is 0 Å². The number of hydrogen-bond acceptors (Lipinski definition) is 3. The second-order valence-corrected chi connectivity index (χ2v) is 5.27. The Labute approximate surface area is 97.9 Å². The van der Waals surface area contributed by atoms with Crippen molar-refractivity contribution in [1.29, 1.82) is 0 Å². The number of ether oxygens (including phenoxy) is 1. The molecule has 0 bridgehead atoms. The molecule has 0 aromatic rings. The SMILES string of the molecule is CCCC1(C(=O)OC2CCCC2)CCNC1. The standard InChI is InChI=1S/C13H23NO2/c1-2-7-13(8-9-14-10-13)12(15)16-11-5-3-4-6-11/h11,14H,2-10H2,1H3. The predicted octanol–water partition coefficient (Wildman–Crippen LogP) is 2.25. The Balaban J connectivity index is 1.93. The highest BCUT2D eigenvalue weighted by atomic mass is 16.5. The van der Waals surface area contributed by atoms with E-state index >= 15 is 0 Å². The van der Waals surface area contributed by atoms with Crippen LogP contribution in [0.5, 0.6) is 0 Å². The van der Waals surface area contributed by atoms with Gasteiger partial charge in [-0.25, -0.2) is 0 Å². The van der Waals surface area contributed by atoms with Gasteiger partial charge in [-0.2, -0.15) is 0 Å². The summed E-state index contributed by atoms with van der Waals surface area (Å²) in [4.78, 5) is 12.3. The maximum absolute atomic E-state index is 12.3. The minimum atomic E-state index is -0.211. The van der Waals surface area contributed by atoms with E-state index in [9.17, 15) is 4.79 Å². The van der Waals surface area contributed by atoms with E-state index in [0.29, 0.717) is 0 Å². The predicted molar refractivity (Wildman–Crippen MR) is 63.2 cm³/mol. The minimum Gasteiger partial charge on any atom is -0.462 e. The van der Waals surface area contributed by atoms with Crippen LogP contribution in [-0.4, -0.2) is 25.2 Å². The van der Waals surface area contributed by atoms with Gasteiger partial charge in [0.15, 0.2) is 0 Å². The normalized spacial score (nSPS) is 30.8. The van der Waals surface area contributed by atoms with Gasteiger partial charge in [0.25, 0.3) is 0 Å². The number of nitrogens with one attached hydrogen (secondary N) is 1. The van der Waals surface area contributed by atoms with Crippen molar-refractivity contribution in [3.63, 3.8) is 0 Å². The molecule has 1 N–H and O–H groups in total. The number of esters is 1. The van der Waals surface area contributed by atoms with E-state index in [-0.39, 0.29) is 17.5 Å². The Morgan fingerprint density at radius 1 is 1.44 bits per heavy atom. The molecule has 1 aliphatic heterocycles. The zero-order chi connectivity index (χ0) is 11.4. The van der Waals surface area contributed by atoms with Crippen molar-refractivity contribution in [3.05, 3.63) is 0 Å². The van der Waals surface area contributed by atoms with Crippen LogP contribution in [-0.2, 0) is 9.53 Å². The van der Waals surface area contributed by atoms with Gasteiger partial charge < -0.3 is 10.1 Å². The molecule has 0 radical (unpaired) electrons. The first-order valence-corrected chi connectivity index (χ1v) is 6.69. The summed E-state index contributed by atoms with van der Waals surface area (Å²) in [6, 6.07) is 0. The lowest BCUT2D eigenvalue weighted by Crippen LogP contribution is -2.36. The van der Waals surface area contributed by atoms with E-state index in [1.807, 2.05) is 0 Å². The Morgan fingerprint density at radius 2 is 2.19 bits per heavy atom. The van der Waals surface area contributed by atoms with Crippen molar-refractivity contribution >= 4 is 5.97 Å². The van der Waals surface area contributed by atoms with Crippen LogP contribution in [0.1, 0.15) is 51.9 Å². The van der Waals surface area contributed by atoms with Crippen LogP contribution in [0.4, 0.5) is 0 Å². The number of hydrogen-bond donors (Lipinski definition) is 1. The summed E-state index contributed by atoms with van der Waals surface area (Å²) >= 11 is 0. The highest BCUT2D eigenvalue weighted by Crippen LogP contribution is 2.34. The largest absolute Gasteiger partial charge is 0.462 e. The van der Waals surface area contributed by atoms with Crippen molar-refractivity contribution in [2.75, 3.05) is 13.1 Å². The van der Waals surface area contributed by atoms with Crippen molar-refractivity contribution in [2.45, 2.75) is 58.0 Å². The average molecular weight is 225 g/mol. The third-order valence-corrected chi connectivity index (χ3v) is 3.98. The van der Waals surface area contributed by atoms with Crippen LogP contribution in [0.15, 0.2) is 0 Å². The van der Waals surface area contributed by atoms with Crippen LogP contribution < -0.4 is 5.32 Å². The van der Waals surface area contributed by atoms with Crippen molar-refractivity contribution < 1.29 is 9.53 Å². The summed E-state index contributed by atoms with van der Waals surface area (Å²) in [6.45, 7) is 3.91. The van der Waals surface area contributed by atoms with E-state index in [2.05, 4.69) is 12.2 Å². The third kappa shape index (κ3) is 2.40. The fourth-order valence-electron chi connectivity index (χ4n) is 2.99. The van der Waals surface area contributed by atoms with Gasteiger partial charge in [0.1, 0.15) is 6.10 Å². The Hall–Kier alpha value is -0.570. The molecule has 0 amide bonds. The molecular weight excluding hydrogens is 202 g/mol. The highest BCUT2D eigenvalue weighted by Gasteiger charge is 2.42. The van der Waals surface area contributed by atoms with E-state index in [4.69, 9.17) is 4.74 Å². The molecule has 2 fully saturated rings. The summed E-state index contributed by atoms with van der Waals surface area (Å²) in [5.74, 6) is 0.0613. The molecule has 0 spiro atoms. The van der Waals surface area contributed by atoms with Gasteiger partial charge in [-0.05, 0) is 45.1 Å². The maximum Gasteiger partial charge on any atom is 0.313 e. The molecule has 1 saturated heterocycles. The quantitative estimate of drug-likeness (QED) is 0.746. The van der Waals surface area contributed by atoms with Gasteiger partial charge >= 0.3 is 5.97 Å². The highest BCUT2D eigenvalue weighted by molar-refractivity contribution is 5.77. The first kappa shape index (κ1) is 11.9. The molecule has 0 aromatic heterocycles. The number of rotatable bonds is 4. The van der Waals surface area contributed by atoms with Gasteiger partial charge in [-0.3, -0.25) is 4.79 Å².